The second-order valence-corrected chi connectivity index (χ2v) is 16.2. The summed E-state index contributed by atoms with van der Waals surface area (Å²) in [7, 11) is 6.03. The summed E-state index contributed by atoms with van der Waals surface area (Å²) in [5.74, 6) is 11.4. The molecule has 0 unspecified atom stereocenters. The van der Waals surface area contributed by atoms with Gasteiger partial charge in [-0.15, -0.1) is 0 Å². The fourth-order valence-electron chi connectivity index (χ4n) is 5.89. The molecule has 4 N–H and O–H groups in total. The Morgan fingerprint density at radius 2 is 1.96 bits per heavy atom. The van der Waals surface area contributed by atoms with Gasteiger partial charge in [-0.1, -0.05) is 79.0 Å². The van der Waals surface area contributed by atoms with Crippen molar-refractivity contribution in [2.75, 3.05) is 33.1 Å². The molecule has 9 atom stereocenters. The van der Waals surface area contributed by atoms with E-state index in [-0.39, 0.29) is 40.2 Å². The zero-order valence-electron chi connectivity index (χ0n) is 29.1. The van der Waals surface area contributed by atoms with Crippen molar-refractivity contribution in [3.05, 3.63) is 35.1 Å². The first kappa shape index (κ1) is 39.4. The molecule has 12 nitrogen and oxygen atoms in total. The molecular formula is C35H48N2O10S2. The van der Waals surface area contributed by atoms with Gasteiger partial charge in [-0.2, -0.15) is 0 Å². The Morgan fingerprint density at radius 3 is 2.65 bits per heavy atom. The summed E-state index contributed by atoms with van der Waals surface area (Å²) in [5, 5.41) is 29.2. The zero-order chi connectivity index (χ0) is 35.8. The van der Waals surface area contributed by atoms with E-state index in [1.165, 1.54) is 19.3 Å². The lowest BCUT2D eigenvalue weighted by Gasteiger charge is -2.43. The third-order valence-corrected chi connectivity index (χ3v) is 11.2. The molecule has 0 saturated carbocycles. The summed E-state index contributed by atoms with van der Waals surface area (Å²) in [6.45, 7) is 11.2. The van der Waals surface area contributed by atoms with E-state index in [4.69, 9.17) is 28.4 Å². The van der Waals surface area contributed by atoms with Crippen LogP contribution in [0.3, 0.4) is 0 Å². The minimum Gasteiger partial charge on any atom is -0.453 e. The van der Waals surface area contributed by atoms with E-state index in [0.717, 1.165) is 6.54 Å². The molecule has 2 fully saturated rings. The van der Waals surface area contributed by atoms with E-state index in [1.807, 2.05) is 6.92 Å². The van der Waals surface area contributed by atoms with Crippen LogP contribution in [-0.4, -0.2) is 115 Å². The average Bonchev–Trinajstić information content (AvgIpc) is 3.03. The number of Topliss-reactive ketones (excluding diaryl/α,β-unsaturated/α-hetero) is 1. The van der Waals surface area contributed by atoms with Gasteiger partial charge in [0.25, 0.3) is 0 Å². The Labute approximate surface area is 296 Å². The van der Waals surface area contributed by atoms with Crippen LogP contribution in [0, 0.1) is 23.7 Å². The molecular weight excluding hydrogens is 673 g/mol. The highest BCUT2D eigenvalue weighted by Gasteiger charge is 2.48. The van der Waals surface area contributed by atoms with Crippen LogP contribution in [0.1, 0.15) is 53.9 Å². The molecule has 0 aromatic rings. The SMILES string of the molecule is CCN[C@H]1CO[C@@H](O[C@H]2[C@H](O[C@H]3C#C/C=C\C#C[C@]4(O)CC(=O)C(NC(=O)OC)=C3/C4=C\CSSC(C)(C)C)O[C@H](C)C[C@@H]2O)C[C@@H]1OC. The number of carbonyl (C=O) groups excluding carboxylic acids is 2. The first-order valence-electron chi connectivity index (χ1n) is 16.4. The van der Waals surface area contributed by atoms with Gasteiger partial charge in [0.15, 0.2) is 24.0 Å². The minimum atomic E-state index is -1.92. The molecule has 2 saturated heterocycles. The van der Waals surface area contributed by atoms with E-state index < -0.39 is 60.9 Å². The van der Waals surface area contributed by atoms with E-state index in [9.17, 15) is 19.8 Å². The van der Waals surface area contributed by atoms with Crippen LogP contribution in [0.4, 0.5) is 4.79 Å². The molecule has 2 bridgehead atoms. The molecule has 0 spiro atoms. The van der Waals surface area contributed by atoms with Crippen molar-refractivity contribution in [2.24, 2.45) is 0 Å². The maximum atomic E-state index is 13.7. The molecule has 270 valence electrons. The van der Waals surface area contributed by atoms with Crippen LogP contribution >= 0.6 is 21.6 Å². The van der Waals surface area contributed by atoms with Crippen molar-refractivity contribution in [1.29, 1.82) is 0 Å². The summed E-state index contributed by atoms with van der Waals surface area (Å²) in [5.41, 5.74) is -1.69. The number of methoxy groups -OCH3 is 2. The highest BCUT2D eigenvalue weighted by Crippen LogP contribution is 2.41. The topological polar surface area (TPSA) is 154 Å². The maximum absolute atomic E-state index is 13.7. The maximum Gasteiger partial charge on any atom is 0.411 e. The number of rotatable bonds is 11. The number of aliphatic hydroxyl groups is 2. The highest BCUT2D eigenvalue weighted by molar-refractivity contribution is 8.77. The number of ketones is 1. The second-order valence-electron chi connectivity index (χ2n) is 13.0. The summed E-state index contributed by atoms with van der Waals surface area (Å²) in [6.07, 6.45) is -1.74. The van der Waals surface area contributed by atoms with E-state index in [1.54, 1.807) is 41.7 Å². The van der Waals surface area contributed by atoms with E-state index >= 15 is 0 Å². The van der Waals surface area contributed by atoms with Crippen molar-refractivity contribution >= 4 is 33.5 Å². The monoisotopic (exact) mass is 720 g/mol. The first-order chi connectivity index (χ1) is 23.3. The minimum absolute atomic E-state index is 0.0238. The first-order valence-corrected chi connectivity index (χ1v) is 18.7. The van der Waals surface area contributed by atoms with Gasteiger partial charge in [0.2, 0.25) is 0 Å². The number of allylic oxidation sites excluding steroid dienone is 3. The van der Waals surface area contributed by atoms with Crippen molar-refractivity contribution < 1.29 is 48.2 Å². The lowest BCUT2D eigenvalue weighted by molar-refractivity contribution is -0.319. The van der Waals surface area contributed by atoms with Crippen LogP contribution < -0.4 is 10.6 Å². The Balaban J connectivity index is 1.75. The van der Waals surface area contributed by atoms with Gasteiger partial charge in [0.05, 0.1) is 50.2 Å². The lowest BCUT2D eigenvalue weighted by atomic mass is 9.75. The molecule has 14 heteroatoms. The van der Waals surface area contributed by atoms with Crippen LogP contribution in [0.2, 0.25) is 0 Å². The van der Waals surface area contributed by atoms with Crippen molar-refractivity contribution in [3.63, 3.8) is 0 Å². The Morgan fingerprint density at radius 1 is 1.20 bits per heavy atom. The average molecular weight is 721 g/mol. The standard InChI is InChI=1S/C35H48N2O10S2/c1-8-36-23-20-44-28(18-27(23)42-6)47-31-24(38)17-21(2)45-32(31)46-26-13-11-9-10-12-15-35(41)19-25(39)30(37-33(40)43-7)29(26)22(35)14-16-48-49-34(3,4)5/h9-10,14,21,23-24,26-28,31-32,36,38,41H,8,16-20H2,1-7H3,(H,37,40)/b10-9-,22-14+/t21-,23+,24+,26+,27+,28+,31-,32+,35+/m1/s1. The number of alkyl carbamates (subject to hydrolysis) is 1. The molecule has 2 aliphatic carbocycles. The van der Waals surface area contributed by atoms with Gasteiger partial charge < -0.3 is 44.0 Å². The predicted octanol–water partition coefficient (Wildman–Crippen LogP) is 2.99. The Hall–Kier alpha value is -2.34. The van der Waals surface area contributed by atoms with Crippen LogP contribution in [0.5, 0.6) is 0 Å². The van der Waals surface area contributed by atoms with Crippen LogP contribution in [0.15, 0.2) is 35.1 Å². The number of aliphatic hydroxyl groups excluding tert-OH is 1. The molecule has 1 amide bonds. The quantitative estimate of drug-likeness (QED) is 0.141. The molecule has 49 heavy (non-hydrogen) atoms. The predicted molar refractivity (Wildman–Crippen MR) is 187 cm³/mol. The summed E-state index contributed by atoms with van der Waals surface area (Å²) in [6, 6.07) is -0.0238. The van der Waals surface area contributed by atoms with Crippen molar-refractivity contribution in [3.8, 4) is 23.7 Å². The molecule has 2 heterocycles. The number of fused-ring (bicyclic) bond motifs is 2. The molecule has 0 aromatic heterocycles. The fourth-order valence-corrected chi connectivity index (χ4v) is 8.01. The van der Waals surface area contributed by atoms with Gasteiger partial charge in [0, 0.05) is 41.6 Å². The number of hydrogen-bond donors (Lipinski definition) is 4. The molecule has 4 aliphatic rings. The number of nitrogens with one attached hydrogen (secondary N) is 2. The third kappa shape index (κ3) is 10.6. The number of hydrogen-bond acceptors (Lipinski definition) is 13. The second kappa shape index (κ2) is 17.7. The van der Waals surface area contributed by atoms with Crippen LogP contribution in [0.25, 0.3) is 0 Å². The Kier molecular flexibility index (Phi) is 14.3. The largest absolute Gasteiger partial charge is 0.453 e. The van der Waals surface area contributed by atoms with Gasteiger partial charge in [-0.25, -0.2) is 4.79 Å². The van der Waals surface area contributed by atoms with E-state index in [0.29, 0.717) is 18.8 Å². The summed E-state index contributed by atoms with van der Waals surface area (Å²) < 4.78 is 35.7. The Bertz CT molecular complexity index is 1420. The molecule has 2 aliphatic heterocycles. The van der Waals surface area contributed by atoms with Crippen molar-refractivity contribution in [2.45, 2.75) is 113 Å². The molecule has 0 radical (unpaired) electrons. The van der Waals surface area contributed by atoms with Crippen LogP contribution in [-0.2, 0) is 33.2 Å². The van der Waals surface area contributed by atoms with Crippen molar-refractivity contribution in [1.82, 2.24) is 10.6 Å². The van der Waals surface area contributed by atoms with Gasteiger partial charge in [-0.3, -0.25) is 10.1 Å². The number of ether oxygens (including phenoxy) is 6. The van der Waals surface area contributed by atoms with E-state index in [2.05, 4.69) is 55.1 Å². The summed E-state index contributed by atoms with van der Waals surface area (Å²) in [4.78, 5) is 26.3. The zero-order valence-corrected chi connectivity index (χ0v) is 30.7. The lowest BCUT2D eigenvalue weighted by Crippen LogP contribution is -2.56. The summed E-state index contributed by atoms with van der Waals surface area (Å²) >= 11 is 0. The molecule has 0 aromatic carbocycles. The van der Waals surface area contributed by atoms with Gasteiger partial charge in [0.1, 0.15) is 12.2 Å². The highest BCUT2D eigenvalue weighted by atomic mass is 33.1. The number of likely N-dealkylation sites (N-methyl/N-ethyl adjacent to an activating group) is 1. The van der Waals surface area contributed by atoms with Gasteiger partial charge in [-0.05, 0) is 25.6 Å². The fraction of sp³-hybridized carbons (Fsp3) is 0.657. The number of carbonyl (C=O) groups is 2. The third-order valence-electron chi connectivity index (χ3n) is 8.05. The van der Waals surface area contributed by atoms with Gasteiger partial charge >= 0.3 is 6.09 Å². The smallest absolute Gasteiger partial charge is 0.411 e. The normalized spacial score (nSPS) is 34.7. The molecule has 4 rings (SSSR count). The number of amides is 1.